The van der Waals surface area contributed by atoms with E-state index in [0.717, 1.165) is 12.8 Å². The van der Waals surface area contributed by atoms with Crippen LogP contribution >= 0.6 is 12.4 Å². The third-order valence-electron chi connectivity index (χ3n) is 2.01. The third kappa shape index (κ3) is 7.57. The van der Waals surface area contributed by atoms with Crippen molar-refractivity contribution >= 4 is 28.5 Å². The van der Waals surface area contributed by atoms with Gasteiger partial charge in [-0.05, 0) is 19.3 Å². The summed E-state index contributed by atoms with van der Waals surface area (Å²) in [6, 6.07) is 0. The molecule has 0 spiro atoms. The first kappa shape index (κ1) is 19.0. The molecule has 1 amide bonds. The van der Waals surface area contributed by atoms with E-state index >= 15 is 0 Å². The Morgan fingerprint density at radius 3 is 1.88 bits per heavy atom. The number of nitrogens with zero attached hydrogens (tertiary/aromatic N) is 1. The molecule has 104 valence electrons. The fourth-order valence-corrected chi connectivity index (χ4v) is 2.70. The molecule has 0 radical (unpaired) electrons. The molecule has 0 unspecified atom stereocenters. The largest absolute Gasteiger partial charge is 0.303 e. The maximum absolute atomic E-state index is 11.8. The van der Waals surface area contributed by atoms with Gasteiger partial charge in [0.15, 0.2) is 0 Å². The highest BCUT2D eigenvalue weighted by Crippen LogP contribution is 2.02. The van der Waals surface area contributed by atoms with Crippen molar-refractivity contribution < 1.29 is 13.2 Å². The molecule has 0 heterocycles. The predicted octanol–water partition coefficient (Wildman–Crippen LogP) is 1.69. The zero-order valence-electron chi connectivity index (χ0n) is 10.7. The normalized spacial score (nSPS) is 11.1. The van der Waals surface area contributed by atoms with Crippen molar-refractivity contribution in [3.63, 3.8) is 0 Å². The Bertz CT molecular complexity index is 301. The first-order valence-electron chi connectivity index (χ1n) is 5.78. The zero-order valence-corrected chi connectivity index (χ0v) is 12.4. The van der Waals surface area contributed by atoms with Crippen LogP contribution in [0, 0.1) is 0 Å². The number of hydrogen-bond acceptors (Lipinski definition) is 3. The molecule has 0 aliphatic heterocycles. The predicted molar refractivity (Wildman–Crippen MR) is 71.4 cm³/mol. The molecule has 0 saturated carbocycles. The molecule has 0 bridgehead atoms. The van der Waals surface area contributed by atoms with Gasteiger partial charge in [0.05, 0.1) is 0 Å². The van der Waals surface area contributed by atoms with Crippen molar-refractivity contribution in [1.29, 1.82) is 0 Å². The van der Waals surface area contributed by atoms with Crippen LogP contribution in [-0.4, -0.2) is 31.7 Å². The average molecular weight is 287 g/mol. The molecule has 0 aromatic heterocycles. The van der Waals surface area contributed by atoms with E-state index in [9.17, 15) is 13.2 Å². The van der Waals surface area contributed by atoms with E-state index in [4.69, 9.17) is 0 Å². The van der Waals surface area contributed by atoms with Crippen LogP contribution in [-0.2, 0) is 15.0 Å². The molecule has 17 heavy (non-hydrogen) atoms. The minimum atomic E-state index is -3.63. The summed E-state index contributed by atoms with van der Waals surface area (Å²) in [6.45, 7) is 6.55. The Morgan fingerprint density at radius 1 is 1.06 bits per heavy atom. The molecule has 0 aliphatic rings. The Balaban J connectivity index is 0. The highest BCUT2D eigenvalue weighted by atomic mass is 35.5. The lowest BCUT2D eigenvalue weighted by Gasteiger charge is -2.20. The monoisotopic (exact) mass is 286 g/mol. The summed E-state index contributed by atoms with van der Waals surface area (Å²) >= 11 is 0. The van der Waals surface area contributed by atoms with Crippen LogP contribution < -0.4 is 4.72 Å². The number of halogens is 1. The van der Waals surface area contributed by atoms with Crippen LogP contribution in [0.3, 0.4) is 0 Å². The van der Waals surface area contributed by atoms with Crippen LogP contribution in [0.1, 0.15) is 46.5 Å². The Morgan fingerprint density at radius 2 is 1.53 bits per heavy atom. The van der Waals surface area contributed by atoms with E-state index in [1.807, 2.05) is 20.8 Å². The number of rotatable bonds is 8. The van der Waals surface area contributed by atoms with E-state index in [1.54, 1.807) is 0 Å². The van der Waals surface area contributed by atoms with Gasteiger partial charge in [0.1, 0.15) is 0 Å². The molecule has 0 rings (SSSR count). The smallest absolute Gasteiger partial charge is 0.274 e. The topological polar surface area (TPSA) is 66.5 Å². The SMILES string of the molecule is CCCC(=O)NS(=O)(=O)N(CCC)CCC.Cl. The van der Waals surface area contributed by atoms with Gasteiger partial charge in [0, 0.05) is 19.5 Å². The van der Waals surface area contributed by atoms with Crippen LogP contribution in [0.5, 0.6) is 0 Å². The van der Waals surface area contributed by atoms with E-state index in [-0.39, 0.29) is 18.8 Å². The second-order valence-electron chi connectivity index (χ2n) is 3.68. The van der Waals surface area contributed by atoms with Crippen LogP contribution in [0.15, 0.2) is 0 Å². The second-order valence-corrected chi connectivity index (χ2v) is 5.35. The van der Waals surface area contributed by atoms with E-state index < -0.39 is 16.1 Å². The van der Waals surface area contributed by atoms with Crippen molar-refractivity contribution in [2.45, 2.75) is 46.5 Å². The number of carbonyl (C=O) groups excluding carboxylic acids is 1. The third-order valence-corrected chi connectivity index (χ3v) is 3.54. The molecule has 0 atom stereocenters. The van der Waals surface area contributed by atoms with Crippen molar-refractivity contribution in [3.05, 3.63) is 0 Å². The van der Waals surface area contributed by atoms with Gasteiger partial charge >= 0.3 is 10.2 Å². The lowest BCUT2D eigenvalue weighted by atomic mass is 10.3. The summed E-state index contributed by atoms with van der Waals surface area (Å²) in [5, 5.41) is 0. The fourth-order valence-electron chi connectivity index (χ4n) is 1.34. The first-order chi connectivity index (χ1) is 7.47. The van der Waals surface area contributed by atoms with E-state index in [0.29, 0.717) is 19.5 Å². The molecular formula is C10H23ClN2O3S. The molecule has 0 aromatic carbocycles. The van der Waals surface area contributed by atoms with Gasteiger partial charge in [-0.1, -0.05) is 20.8 Å². The quantitative estimate of drug-likeness (QED) is 0.738. The zero-order chi connectivity index (χ0) is 12.6. The standard InChI is InChI=1S/C10H22N2O3S.ClH/c1-4-7-10(13)11-16(14,15)12(8-5-2)9-6-3;/h4-9H2,1-3H3,(H,11,13);1H. The minimum absolute atomic E-state index is 0. The number of nitrogens with one attached hydrogen (secondary N) is 1. The van der Waals surface area contributed by atoms with Crippen molar-refractivity contribution in [3.8, 4) is 0 Å². The molecule has 7 heteroatoms. The lowest BCUT2D eigenvalue weighted by Crippen LogP contribution is -2.44. The van der Waals surface area contributed by atoms with Gasteiger partial charge in [-0.15, -0.1) is 12.4 Å². The molecule has 0 aliphatic carbocycles. The fraction of sp³-hybridized carbons (Fsp3) is 0.900. The maximum atomic E-state index is 11.8. The summed E-state index contributed by atoms with van der Waals surface area (Å²) in [5.74, 6) is -0.431. The number of amides is 1. The summed E-state index contributed by atoms with van der Waals surface area (Å²) in [5.41, 5.74) is 0. The van der Waals surface area contributed by atoms with Gasteiger partial charge in [-0.2, -0.15) is 12.7 Å². The minimum Gasteiger partial charge on any atom is -0.274 e. The summed E-state index contributed by atoms with van der Waals surface area (Å²) in [6.07, 6.45) is 2.36. The van der Waals surface area contributed by atoms with Gasteiger partial charge in [-0.3, -0.25) is 4.79 Å². The molecule has 5 nitrogen and oxygen atoms in total. The lowest BCUT2D eigenvalue weighted by molar-refractivity contribution is -0.119. The van der Waals surface area contributed by atoms with Crippen LogP contribution in [0.4, 0.5) is 0 Å². The van der Waals surface area contributed by atoms with E-state index in [1.165, 1.54) is 4.31 Å². The molecule has 1 N–H and O–H groups in total. The molecular weight excluding hydrogens is 264 g/mol. The Kier molecular flexibility index (Phi) is 10.8. The molecule has 0 aromatic rings. The maximum Gasteiger partial charge on any atom is 0.303 e. The van der Waals surface area contributed by atoms with E-state index in [2.05, 4.69) is 4.72 Å². The Hall–Kier alpha value is -0.330. The van der Waals surface area contributed by atoms with Gasteiger partial charge < -0.3 is 0 Å². The summed E-state index contributed by atoms with van der Waals surface area (Å²) in [4.78, 5) is 11.3. The van der Waals surface area contributed by atoms with Crippen molar-refractivity contribution in [2.24, 2.45) is 0 Å². The second kappa shape index (κ2) is 9.67. The van der Waals surface area contributed by atoms with Gasteiger partial charge in [0.2, 0.25) is 5.91 Å². The van der Waals surface area contributed by atoms with Crippen LogP contribution in [0.25, 0.3) is 0 Å². The highest BCUT2D eigenvalue weighted by Gasteiger charge is 2.21. The van der Waals surface area contributed by atoms with Gasteiger partial charge in [-0.25, -0.2) is 4.72 Å². The summed E-state index contributed by atoms with van der Waals surface area (Å²) in [7, 11) is -3.63. The number of carbonyl (C=O) groups is 1. The van der Waals surface area contributed by atoms with Crippen molar-refractivity contribution in [2.75, 3.05) is 13.1 Å². The molecule has 0 fully saturated rings. The highest BCUT2D eigenvalue weighted by molar-refractivity contribution is 7.87. The molecule has 0 saturated heterocycles. The summed E-state index contributed by atoms with van der Waals surface area (Å²) < 4.78 is 27.0. The number of hydrogen-bond donors (Lipinski definition) is 1. The first-order valence-corrected chi connectivity index (χ1v) is 7.22. The van der Waals surface area contributed by atoms with Crippen LogP contribution in [0.2, 0.25) is 0 Å². The Labute approximate surface area is 111 Å². The average Bonchev–Trinajstić information content (AvgIpc) is 2.17. The van der Waals surface area contributed by atoms with Crippen molar-refractivity contribution in [1.82, 2.24) is 9.03 Å². The van der Waals surface area contributed by atoms with Gasteiger partial charge in [0.25, 0.3) is 0 Å².